The number of aryl methyl sites for hydroxylation is 1. The highest BCUT2D eigenvalue weighted by atomic mass is 16.5. The van der Waals surface area contributed by atoms with Gasteiger partial charge in [-0.2, -0.15) is 5.10 Å². The largest absolute Gasteiger partial charge is 0.494 e. The van der Waals surface area contributed by atoms with Gasteiger partial charge in [0.25, 0.3) is 0 Å². The number of nitrogens with zero attached hydrogens (tertiary/aromatic N) is 2. The fourth-order valence-electron chi connectivity index (χ4n) is 3.22. The molecule has 4 nitrogen and oxygen atoms in total. The predicted molar refractivity (Wildman–Crippen MR) is 104 cm³/mol. The summed E-state index contributed by atoms with van der Waals surface area (Å²) in [5.41, 5.74) is 4.44. The van der Waals surface area contributed by atoms with Gasteiger partial charge >= 0.3 is 0 Å². The van der Waals surface area contributed by atoms with E-state index in [-0.39, 0.29) is 11.9 Å². The highest BCUT2D eigenvalue weighted by Gasteiger charge is 2.32. The van der Waals surface area contributed by atoms with Gasteiger partial charge in [0.15, 0.2) is 0 Å². The van der Waals surface area contributed by atoms with Crippen LogP contribution in [0.2, 0.25) is 0 Å². The molecule has 2 aromatic carbocycles. The molecule has 1 heterocycles. The van der Waals surface area contributed by atoms with Crippen LogP contribution in [-0.2, 0) is 11.2 Å². The minimum absolute atomic E-state index is 0.0454. The van der Waals surface area contributed by atoms with E-state index in [1.54, 1.807) is 5.01 Å². The highest BCUT2D eigenvalue weighted by Crippen LogP contribution is 2.34. The van der Waals surface area contributed by atoms with Crippen molar-refractivity contribution in [3.8, 4) is 5.75 Å². The molecule has 136 valence electrons. The summed E-state index contributed by atoms with van der Waals surface area (Å²) in [6.45, 7) is 6.63. The number of hydrogen-bond acceptors (Lipinski definition) is 3. The van der Waals surface area contributed by atoms with Crippen molar-refractivity contribution < 1.29 is 9.53 Å². The first-order valence-electron chi connectivity index (χ1n) is 9.37. The third-order valence-corrected chi connectivity index (χ3v) is 4.74. The Labute approximate surface area is 155 Å². The van der Waals surface area contributed by atoms with Crippen molar-refractivity contribution in [3.63, 3.8) is 0 Å². The molecule has 1 aliphatic rings. The van der Waals surface area contributed by atoms with Gasteiger partial charge in [-0.3, -0.25) is 4.79 Å². The minimum Gasteiger partial charge on any atom is -0.494 e. The van der Waals surface area contributed by atoms with Crippen molar-refractivity contribution in [2.45, 2.75) is 46.1 Å². The van der Waals surface area contributed by atoms with Gasteiger partial charge in [-0.05, 0) is 42.2 Å². The summed E-state index contributed by atoms with van der Waals surface area (Å²) in [6.07, 6.45) is 2.19. The van der Waals surface area contributed by atoms with Gasteiger partial charge in [0.2, 0.25) is 5.91 Å². The number of amides is 1. The van der Waals surface area contributed by atoms with Gasteiger partial charge < -0.3 is 4.74 Å². The lowest BCUT2D eigenvalue weighted by atomic mass is 9.97. The van der Waals surface area contributed by atoms with E-state index < -0.39 is 0 Å². The van der Waals surface area contributed by atoms with E-state index in [0.717, 1.165) is 35.4 Å². The molecule has 26 heavy (non-hydrogen) atoms. The van der Waals surface area contributed by atoms with Crippen LogP contribution in [0.15, 0.2) is 53.6 Å². The molecule has 1 atom stereocenters. The van der Waals surface area contributed by atoms with Crippen LogP contribution in [-0.4, -0.2) is 23.2 Å². The summed E-state index contributed by atoms with van der Waals surface area (Å²) in [7, 11) is 0. The fourth-order valence-corrected chi connectivity index (χ4v) is 3.22. The minimum atomic E-state index is -0.0565. The predicted octanol–water partition coefficient (Wildman–Crippen LogP) is 4.74. The number of carbonyl (C=O) groups is 1. The van der Waals surface area contributed by atoms with Crippen LogP contribution in [0.5, 0.6) is 5.75 Å². The highest BCUT2D eigenvalue weighted by molar-refractivity contribution is 6.03. The maximum atomic E-state index is 12.4. The Hall–Kier alpha value is -2.62. The van der Waals surface area contributed by atoms with Gasteiger partial charge in [-0.1, -0.05) is 50.2 Å². The topological polar surface area (TPSA) is 41.9 Å². The molecular weight excluding hydrogens is 324 g/mol. The molecule has 1 aliphatic heterocycles. The van der Waals surface area contributed by atoms with Crippen molar-refractivity contribution in [1.82, 2.24) is 5.01 Å². The third kappa shape index (κ3) is 3.79. The molecule has 3 rings (SSSR count). The van der Waals surface area contributed by atoms with Crippen molar-refractivity contribution in [2.75, 3.05) is 6.61 Å². The van der Waals surface area contributed by atoms with Crippen LogP contribution in [0.3, 0.4) is 0 Å². The van der Waals surface area contributed by atoms with Crippen LogP contribution in [0.1, 0.15) is 56.3 Å². The maximum Gasteiger partial charge on any atom is 0.242 e. The van der Waals surface area contributed by atoms with E-state index in [4.69, 9.17) is 4.74 Å². The Morgan fingerprint density at radius 3 is 2.35 bits per heavy atom. The number of hydrazone groups is 1. The lowest BCUT2D eigenvalue weighted by Crippen LogP contribution is -2.26. The van der Waals surface area contributed by atoms with E-state index in [2.05, 4.69) is 36.3 Å². The third-order valence-electron chi connectivity index (χ3n) is 4.74. The summed E-state index contributed by atoms with van der Waals surface area (Å²) < 4.78 is 5.52. The Balaban J connectivity index is 1.87. The Morgan fingerprint density at radius 1 is 1.08 bits per heavy atom. The molecule has 0 bridgehead atoms. The summed E-state index contributed by atoms with van der Waals surface area (Å²) in [4.78, 5) is 12.4. The zero-order valence-electron chi connectivity index (χ0n) is 15.7. The SMILES string of the molecule is CCOc1ccc([C@H]2CC(c3ccc(CC)cc3)=NN2C(=O)CC)cc1. The molecule has 2 aromatic rings. The molecule has 1 amide bonds. The summed E-state index contributed by atoms with van der Waals surface area (Å²) >= 11 is 0. The Morgan fingerprint density at radius 2 is 1.77 bits per heavy atom. The average Bonchev–Trinajstić information content (AvgIpc) is 3.13. The van der Waals surface area contributed by atoms with Crippen LogP contribution in [0.25, 0.3) is 0 Å². The zero-order valence-corrected chi connectivity index (χ0v) is 15.7. The maximum absolute atomic E-state index is 12.4. The average molecular weight is 350 g/mol. The molecule has 0 saturated carbocycles. The molecule has 0 spiro atoms. The first-order chi connectivity index (χ1) is 12.7. The van der Waals surface area contributed by atoms with Crippen molar-refractivity contribution >= 4 is 11.6 Å². The molecule has 0 radical (unpaired) electrons. The van der Waals surface area contributed by atoms with Crippen molar-refractivity contribution in [2.24, 2.45) is 5.10 Å². The number of benzene rings is 2. The second kappa shape index (κ2) is 8.17. The molecule has 0 fully saturated rings. The zero-order chi connectivity index (χ0) is 18.5. The van der Waals surface area contributed by atoms with E-state index >= 15 is 0 Å². The van der Waals surface area contributed by atoms with Crippen LogP contribution in [0, 0.1) is 0 Å². The molecule has 0 aromatic heterocycles. The number of ether oxygens (including phenoxy) is 1. The van der Waals surface area contributed by atoms with Crippen LogP contribution >= 0.6 is 0 Å². The monoisotopic (exact) mass is 350 g/mol. The summed E-state index contributed by atoms with van der Waals surface area (Å²) in [5, 5.41) is 6.32. The number of hydrogen-bond donors (Lipinski definition) is 0. The van der Waals surface area contributed by atoms with Crippen LogP contribution < -0.4 is 4.74 Å². The standard InChI is InChI=1S/C22H26N2O2/c1-4-16-7-9-17(10-8-16)20-15-21(24(23-20)22(25)5-2)18-11-13-19(14-12-18)26-6-3/h7-14,21H,4-6,15H2,1-3H3/t21-/m1/s1. The number of rotatable bonds is 6. The van der Waals surface area contributed by atoms with Gasteiger partial charge in [0.05, 0.1) is 18.4 Å². The second-order valence-electron chi connectivity index (χ2n) is 6.41. The van der Waals surface area contributed by atoms with Crippen molar-refractivity contribution in [3.05, 3.63) is 65.2 Å². The van der Waals surface area contributed by atoms with Gasteiger partial charge in [0.1, 0.15) is 5.75 Å². The Kier molecular flexibility index (Phi) is 5.71. The lowest BCUT2D eigenvalue weighted by Gasteiger charge is -2.21. The van der Waals surface area contributed by atoms with Gasteiger partial charge in [-0.25, -0.2) is 5.01 Å². The molecule has 0 saturated heterocycles. The van der Waals surface area contributed by atoms with Gasteiger partial charge in [-0.15, -0.1) is 0 Å². The first kappa shape index (κ1) is 18.2. The van der Waals surface area contributed by atoms with Crippen molar-refractivity contribution in [1.29, 1.82) is 0 Å². The second-order valence-corrected chi connectivity index (χ2v) is 6.41. The quantitative estimate of drug-likeness (QED) is 0.755. The fraction of sp³-hybridized carbons (Fsp3) is 0.364. The first-order valence-corrected chi connectivity index (χ1v) is 9.37. The molecule has 0 aliphatic carbocycles. The van der Waals surface area contributed by atoms with E-state index in [9.17, 15) is 4.79 Å². The van der Waals surface area contributed by atoms with Gasteiger partial charge in [0, 0.05) is 12.8 Å². The molecule has 0 unspecified atom stereocenters. The molecule has 4 heteroatoms. The van der Waals surface area contributed by atoms with Crippen LogP contribution in [0.4, 0.5) is 0 Å². The van der Waals surface area contributed by atoms with E-state index in [1.165, 1.54) is 5.56 Å². The van der Waals surface area contributed by atoms with E-state index in [1.807, 2.05) is 38.1 Å². The Bertz CT molecular complexity index is 779. The number of carbonyl (C=O) groups excluding carboxylic acids is 1. The summed E-state index contributed by atoms with van der Waals surface area (Å²) in [6, 6.07) is 16.4. The normalized spacial score (nSPS) is 16.5. The lowest BCUT2D eigenvalue weighted by molar-refractivity contribution is -0.132. The smallest absolute Gasteiger partial charge is 0.242 e. The molecular formula is C22H26N2O2. The molecule has 0 N–H and O–H groups in total. The van der Waals surface area contributed by atoms with E-state index in [0.29, 0.717) is 13.0 Å². The summed E-state index contributed by atoms with van der Waals surface area (Å²) in [5.74, 6) is 0.892.